The van der Waals surface area contributed by atoms with Gasteiger partial charge >= 0.3 is 18.1 Å². The molecule has 0 N–H and O–H groups in total. The van der Waals surface area contributed by atoms with E-state index in [2.05, 4.69) is 14.5 Å². The highest BCUT2D eigenvalue weighted by Gasteiger charge is 2.35. The van der Waals surface area contributed by atoms with Gasteiger partial charge in [-0.3, -0.25) is 4.79 Å². The third-order valence-corrected chi connectivity index (χ3v) is 2.81. The number of rotatable bonds is 5. The van der Waals surface area contributed by atoms with Gasteiger partial charge in [0, 0.05) is 6.07 Å². The van der Waals surface area contributed by atoms with Crippen molar-refractivity contribution in [2.45, 2.75) is 19.7 Å². The molecule has 21 heavy (non-hydrogen) atoms. The van der Waals surface area contributed by atoms with Crippen LogP contribution < -0.4 is 4.74 Å². The van der Waals surface area contributed by atoms with Gasteiger partial charge in [-0.25, -0.2) is 0 Å². The molecule has 7 nitrogen and oxygen atoms in total. The van der Waals surface area contributed by atoms with E-state index in [-0.39, 0.29) is 10.2 Å². The molecular formula is C10H8F3IN2O5. The van der Waals surface area contributed by atoms with Crippen molar-refractivity contribution in [2.75, 3.05) is 6.61 Å². The van der Waals surface area contributed by atoms with Crippen molar-refractivity contribution in [3.63, 3.8) is 0 Å². The molecule has 1 aromatic rings. The molecule has 0 bridgehead atoms. The molecule has 0 unspecified atom stereocenters. The Hall–Kier alpha value is -1.66. The summed E-state index contributed by atoms with van der Waals surface area (Å²) >= 11 is 1.45. The number of nitro groups is 1. The summed E-state index contributed by atoms with van der Waals surface area (Å²) in [4.78, 5) is 24.6. The number of carbonyl (C=O) groups excluding carboxylic acids is 1. The molecule has 11 heteroatoms. The van der Waals surface area contributed by atoms with Crippen LogP contribution in [0.1, 0.15) is 12.6 Å². The first-order valence-corrected chi connectivity index (χ1v) is 6.47. The third-order valence-electron chi connectivity index (χ3n) is 2.01. The Balaban J connectivity index is 3.23. The molecule has 1 aromatic heterocycles. The van der Waals surface area contributed by atoms with E-state index in [1.807, 2.05) is 0 Å². The fraction of sp³-hybridized carbons (Fsp3) is 0.400. The normalized spacial score (nSPS) is 11.1. The molecule has 116 valence electrons. The van der Waals surface area contributed by atoms with Crippen LogP contribution in [-0.2, 0) is 16.0 Å². The molecular weight excluding hydrogens is 412 g/mol. The molecule has 0 aliphatic rings. The molecule has 0 fully saturated rings. The van der Waals surface area contributed by atoms with E-state index in [9.17, 15) is 28.1 Å². The van der Waals surface area contributed by atoms with Crippen molar-refractivity contribution < 1.29 is 32.4 Å². The molecule has 0 amide bonds. The van der Waals surface area contributed by atoms with Crippen molar-refractivity contribution in [1.29, 1.82) is 0 Å². The lowest BCUT2D eigenvalue weighted by Crippen LogP contribution is -2.20. The quantitative estimate of drug-likeness (QED) is 0.315. The Kier molecular flexibility index (Phi) is 5.69. The van der Waals surface area contributed by atoms with Crippen molar-refractivity contribution in [1.82, 2.24) is 4.98 Å². The standard InChI is InChI=1S/C10H8F3IN2O5/c1-2-20-8(17)4-6-7(21-10(11,12)13)3-5(14)9(15-6)16(18)19/h3H,2,4H2,1H3. The van der Waals surface area contributed by atoms with E-state index in [0.717, 1.165) is 6.07 Å². The van der Waals surface area contributed by atoms with Gasteiger partial charge in [0.15, 0.2) is 5.75 Å². The van der Waals surface area contributed by atoms with Crippen molar-refractivity contribution in [2.24, 2.45) is 0 Å². The highest BCUT2D eigenvalue weighted by molar-refractivity contribution is 14.1. The summed E-state index contributed by atoms with van der Waals surface area (Å²) in [6, 6.07) is 0.799. The second kappa shape index (κ2) is 6.87. The van der Waals surface area contributed by atoms with E-state index < -0.39 is 40.9 Å². The number of halogens is 4. The molecule has 0 aliphatic heterocycles. The minimum absolute atomic E-state index is 0.0146. The molecule has 1 heterocycles. The van der Waals surface area contributed by atoms with Crippen molar-refractivity contribution >= 4 is 34.4 Å². The Bertz CT molecular complexity index is 564. The number of ether oxygens (including phenoxy) is 2. The van der Waals surface area contributed by atoms with Crippen LogP contribution in [0, 0.1) is 13.7 Å². The largest absolute Gasteiger partial charge is 0.573 e. The zero-order valence-corrected chi connectivity index (χ0v) is 12.6. The lowest BCUT2D eigenvalue weighted by Gasteiger charge is -2.11. The first kappa shape index (κ1) is 17.4. The van der Waals surface area contributed by atoms with Gasteiger partial charge in [-0.2, -0.15) is 0 Å². The van der Waals surface area contributed by atoms with E-state index in [1.54, 1.807) is 0 Å². The maximum Gasteiger partial charge on any atom is 0.573 e. The van der Waals surface area contributed by atoms with E-state index >= 15 is 0 Å². The highest BCUT2D eigenvalue weighted by Crippen LogP contribution is 2.31. The summed E-state index contributed by atoms with van der Waals surface area (Å²) in [5.41, 5.74) is -0.516. The van der Waals surface area contributed by atoms with Crippen LogP contribution in [0.15, 0.2) is 6.07 Å². The summed E-state index contributed by atoms with van der Waals surface area (Å²) in [6.45, 7) is 1.52. The summed E-state index contributed by atoms with van der Waals surface area (Å²) in [6.07, 6.45) is -5.68. The van der Waals surface area contributed by atoms with Gasteiger partial charge in [0.05, 0.1) is 6.61 Å². The number of pyridine rings is 1. The lowest BCUT2D eigenvalue weighted by molar-refractivity contribution is -0.390. The van der Waals surface area contributed by atoms with E-state index in [4.69, 9.17) is 0 Å². The monoisotopic (exact) mass is 420 g/mol. The Morgan fingerprint density at radius 2 is 2.14 bits per heavy atom. The van der Waals surface area contributed by atoms with E-state index in [1.165, 1.54) is 29.5 Å². The van der Waals surface area contributed by atoms with Crippen LogP contribution in [0.25, 0.3) is 0 Å². The van der Waals surface area contributed by atoms with Crippen molar-refractivity contribution in [3.8, 4) is 5.75 Å². The van der Waals surface area contributed by atoms with Crippen molar-refractivity contribution in [3.05, 3.63) is 25.4 Å². The SMILES string of the molecule is CCOC(=O)Cc1nc([N+](=O)[O-])c(I)cc1OC(F)(F)F. The first-order chi connectivity index (χ1) is 9.64. The Labute approximate surface area is 129 Å². The van der Waals surface area contributed by atoms with Crippen LogP contribution in [0.2, 0.25) is 0 Å². The Morgan fingerprint density at radius 3 is 2.62 bits per heavy atom. The zero-order valence-electron chi connectivity index (χ0n) is 10.4. The molecule has 0 radical (unpaired) electrons. The van der Waals surface area contributed by atoms with Gasteiger partial charge in [0.2, 0.25) is 5.69 Å². The number of aromatic nitrogens is 1. The minimum Gasteiger partial charge on any atom is -0.466 e. The predicted molar refractivity (Wildman–Crippen MR) is 70.6 cm³/mol. The van der Waals surface area contributed by atoms with Gasteiger partial charge in [-0.15, -0.1) is 13.2 Å². The summed E-state index contributed by atoms with van der Waals surface area (Å²) in [5.74, 6) is -2.30. The molecule has 0 atom stereocenters. The lowest BCUT2D eigenvalue weighted by atomic mass is 10.2. The fourth-order valence-electron chi connectivity index (χ4n) is 1.32. The fourth-order valence-corrected chi connectivity index (χ4v) is 1.92. The summed E-state index contributed by atoms with van der Waals surface area (Å²) < 4.78 is 45.0. The second-order valence-electron chi connectivity index (χ2n) is 3.53. The van der Waals surface area contributed by atoms with Gasteiger partial charge < -0.3 is 19.6 Å². The van der Waals surface area contributed by atoms with Crippen LogP contribution in [-0.4, -0.2) is 28.8 Å². The average molecular weight is 420 g/mol. The predicted octanol–water partition coefficient (Wildman–Crippen LogP) is 2.60. The molecule has 1 rings (SSSR count). The number of hydrogen-bond acceptors (Lipinski definition) is 6. The van der Waals surface area contributed by atoms with Crippen LogP contribution in [0.5, 0.6) is 5.75 Å². The number of nitrogens with zero attached hydrogens (tertiary/aromatic N) is 2. The first-order valence-electron chi connectivity index (χ1n) is 5.39. The summed E-state index contributed by atoms with van der Waals surface area (Å²) in [7, 11) is 0. The highest BCUT2D eigenvalue weighted by atomic mass is 127. The van der Waals surface area contributed by atoms with Gasteiger partial charge in [-0.05, 0) is 39.4 Å². The maximum atomic E-state index is 12.3. The zero-order chi connectivity index (χ0) is 16.2. The maximum absolute atomic E-state index is 12.3. The number of hydrogen-bond donors (Lipinski definition) is 0. The summed E-state index contributed by atoms with van der Waals surface area (Å²) in [5, 5.41) is 10.7. The Morgan fingerprint density at radius 1 is 1.52 bits per heavy atom. The smallest absolute Gasteiger partial charge is 0.466 e. The third kappa shape index (κ3) is 5.32. The number of alkyl halides is 3. The van der Waals surface area contributed by atoms with Crippen LogP contribution in [0.4, 0.5) is 19.0 Å². The average Bonchev–Trinajstić information content (AvgIpc) is 2.30. The molecule has 0 aromatic carbocycles. The minimum atomic E-state index is -5.01. The number of esters is 1. The van der Waals surface area contributed by atoms with Gasteiger partial charge in [-0.1, -0.05) is 0 Å². The molecule has 0 saturated carbocycles. The topological polar surface area (TPSA) is 91.6 Å². The van der Waals surface area contributed by atoms with Crippen LogP contribution in [0.3, 0.4) is 0 Å². The molecule has 0 aliphatic carbocycles. The van der Waals surface area contributed by atoms with Gasteiger partial charge in [0.25, 0.3) is 0 Å². The number of carbonyl (C=O) groups is 1. The molecule has 0 saturated heterocycles. The van der Waals surface area contributed by atoms with E-state index in [0.29, 0.717) is 0 Å². The van der Waals surface area contributed by atoms with Crippen LogP contribution >= 0.6 is 22.6 Å². The second-order valence-corrected chi connectivity index (χ2v) is 4.69. The van der Waals surface area contributed by atoms with Gasteiger partial charge in [0.1, 0.15) is 9.99 Å². The molecule has 0 spiro atoms.